The smallest absolute Gasteiger partial charge is 0.255 e. The van der Waals surface area contributed by atoms with Gasteiger partial charge in [-0.1, -0.05) is 18.2 Å². The van der Waals surface area contributed by atoms with Crippen LogP contribution in [0.4, 0.5) is 0 Å². The molecule has 0 radical (unpaired) electrons. The zero-order chi connectivity index (χ0) is 15.6. The predicted molar refractivity (Wildman–Crippen MR) is 81.8 cm³/mol. The molecule has 0 unspecified atom stereocenters. The van der Waals surface area contributed by atoms with Crippen molar-refractivity contribution < 1.29 is 0 Å². The number of nitrogens with zero attached hydrogens (tertiary/aromatic N) is 6. The molecule has 0 bridgehead atoms. The van der Waals surface area contributed by atoms with Crippen LogP contribution in [-0.2, 0) is 19.5 Å². The molecule has 1 aliphatic rings. The molecule has 0 aliphatic carbocycles. The summed E-state index contributed by atoms with van der Waals surface area (Å²) in [5, 5.41) is 12.0. The van der Waals surface area contributed by atoms with E-state index in [-0.39, 0.29) is 5.56 Å². The van der Waals surface area contributed by atoms with Crippen molar-refractivity contribution in [3.8, 4) is 5.69 Å². The summed E-state index contributed by atoms with van der Waals surface area (Å²) in [7, 11) is 0. The van der Waals surface area contributed by atoms with Crippen LogP contribution >= 0.6 is 0 Å². The number of tetrazole rings is 1. The molecule has 8 heteroatoms. The first kappa shape index (κ1) is 13.8. The topological polar surface area (TPSA) is 92.6 Å². The van der Waals surface area contributed by atoms with E-state index in [1.165, 1.54) is 6.33 Å². The minimum Gasteiger partial charge on any atom is -0.313 e. The van der Waals surface area contributed by atoms with Gasteiger partial charge in [-0.05, 0) is 22.6 Å². The van der Waals surface area contributed by atoms with Crippen molar-refractivity contribution in [1.29, 1.82) is 0 Å². The van der Waals surface area contributed by atoms with E-state index in [0.29, 0.717) is 13.1 Å². The van der Waals surface area contributed by atoms with Crippen LogP contribution in [0, 0.1) is 0 Å². The number of benzene rings is 1. The molecule has 8 nitrogen and oxygen atoms in total. The lowest BCUT2D eigenvalue weighted by Crippen LogP contribution is -2.35. The van der Waals surface area contributed by atoms with Crippen LogP contribution in [-0.4, -0.2) is 41.6 Å². The first-order valence-corrected chi connectivity index (χ1v) is 7.42. The first-order chi connectivity index (χ1) is 11.3. The molecule has 4 rings (SSSR count). The minimum absolute atomic E-state index is 0.0673. The first-order valence-electron chi connectivity index (χ1n) is 7.42. The van der Waals surface area contributed by atoms with Crippen molar-refractivity contribution in [3.63, 3.8) is 0 Å². The molecule has 3 heterocycles. The van der Waals surface area contributed by atoms with E-state index >= 15 is 0 Å². The quantitative estimate of drug-likeness (QED) is 0.748. The molecular weight excluding hydrogens is 294 g/mol. The third-order valence-corrected chi connectivity index (χ3v) is 3.98. The highest BCUT2D eigenvalue weighted by atomic mass is 16.1. The van der Waals surface area contributed by atoms with Gasteiger partial charge in [-0.3, -0.25) is 9.69 Å². The second-order valence-corrected chi connectivity index (χ2v) is 5.46. The van der Waals surface area contributed by atoms with Crippen LogP contribution in [0.5, 0.6) is 0 Å². The highest BCUT2D eigenvalue weighted by Gasteiger charge is 2.22. The number of hydrogen-bond donors (Lipinski definition) is 1. The predicted octanol–water partition coefficient (Wildman–Crippen LogP) is 0.304. The Labute approximate surface area is 131 Å². The molecule has 1 aromatic carbocycles. The Morgan fingerprint density at radius 2 is 2.09 bits per heavy atom. The number of rotatable bonds is 3. The van der Waals surface area contributed by atoms with Gasteiger partial charge in [0.25, 0.3) is 5.56 Å². The van der Waals surface area contributed by atoms with Crippen molar-refractivity contribution >= 4 is 0 Å². The SMILES string of the molecule is O=c1[nH]cnc2c1CN(Cc1nnnn1-c1ccccc1)CC2. The van der Waals surface area contributed by atoms with E-state index in [2.05, 4.69) is 30.4 Å². The van der Waals surface area contributed by atoms with E-state index in [4.69, 9.17) is 0 Å². The second kappa shape index (κ2) is 5.73. The van der Waals surface area contributed by atoms with Crippen LogP contribution in [0.1, 0.15) is 17.1 Å². The standard InChI is InChI=1S/C15H15N7O/c23-15-12-8-21(7-6-13(12)16-10-17-15)9-14-18-19-20-22(14)11-4-2-1-3-5-11/h1-5,10H,6-9H2,(H,16,17,23). The Morgan fingerprint density at radius 3 is 2.96 bits per heavy atom. The lowest BCUT2D eigenvalue weighted by molar-refractivity contribution is 0.234. The van der Waals surface area contributed by atoms with Crippen molar-refractivity contribution in [2.24, 2.45) is 0 Å². The van der Waals surface area contributed by atoms with E-state index in [0.717, 1.165) is 35.7 Å². The van der Waals surface area contributed by atoms with Crippen LogP contribution < -0.4 is 5.56 Å². The maximum absolute atomic E-state index is 11.9. The summed E-state index contributed by atoms with van der Waals surface area (Å²) in [6, 6.07) is 9.76. The minimum atomic E-state index is -0.0673. The molecule has 0 fully saturated rings. The van der Waals surface area contributed by atoms with Gasteiger partial charge in [-0.15, -0.1) is 5.10 Å². The number of aromatic nitrogens is 6. The third-order valence-electron chi connectivity index (χ3n) is 3.98. The highest BCUT2D eigenvalue weighted by Crippen LogP contribution is 2.16. The van der Waals surface area contributed by atoms with E-state index in [9.17, 15) is 4.79 Å². The lowest BCUT2D eigenvalue weighted by atomic mass is 10.1. The fraction of sp³-hybridized carbons (Fsp3) is 0.267. The number of fused-ring (bicyclic) bond motifs is 1. The largest absolute Gasteiger partial charge is 0.313 e. The molecule has 0 amide bonds. The summed E-state index contributed by atoms with van der Waals surface area (Å²) in [6.07, 6.45) is 2.22. The van der Waals surface area contributed by atoms with Crippen molar-refractivity contribution in [2.45, 2.75) is 19.5 Å². The molecule has 1 N–H and O–H groups in total. The average Bonchev–Trinajstić information content (AvgIpc) is 3.05. The van der Waals surface area contributed by atoms with Gasteiger partial charge in [0.1, 0.15) is 0 Å². The summed E-state index contributed by atoms with van der Waals surface area (Å²) >= 11 is 0. The number of hydrogen-bond acceptors (Lipinski definition) is 6. The van der Waals surface area contributed by atoms with Gasteiger partial charge in [-0.25, -0.2) is 4.98 Å². The van der Waals surface area contributed by atoms with Gasteiger partial charge in [0.15, 0.2) is 5.82 Å². The van der Waals surface area contributed by atoms with Crippen molar-refractivity contribution in [2.75, 3.05) is 6.54 Å². The summed E-state index contributed by atoms with van der Waals surface area (Å²) in [5.41, 5.74) is 2.47. The van der Waals surface area contributed by atoms with Crippen LogP contribution in [0.2, 0.25) is 0 Å². The fourth-order valence-electron chi connectivity index (χ4n) is 2.82. The normalized spacial score (nSPS) is 14.6. The van der Waals surface area contributed by atoms with Crippen LogP contribution in [0.15, 0.2) is 41.5 Å². The molecule has 0 saturated carbocycles. The molecule has 2 aromatic heterocycles. The maximum atomic E-state index is 11.9. The molecular formula is C15H15N7O. The highest BCUT2D eigenvalue weighted by molar-refractivity contribution is 5.30. The van der Waals surface area contributed by atoms with Gasteiger partial charge in [0.2, 0.25) is 0 Å². The number of aromatic amines is 1. The number of nitrogens with one attached hydrogen (secondary N) is 1. The fourth-order valence-corrected chi connectivity index (χ4v) is 2.82. The van der Waals surface area contributed by atoms with Gasteiger partial charge < -0.3 is 4.98 Å². The summed E-state index contributed by atoms with van der Waals surface area (Å²) < 4.78 is 1.73. The van der Waals surface area contributed by atoms with Crippen LogP contribution in [0.3, 0.4) is 0 Å². The Bertz CT molecular complexity index is 871. The molecule has 0 spiro atoms. The second-order valence-electron chi connectivity index (χ2n) is 5.46. The molecule has 116 valence electrons. The maximum Gasteiger partial charge on any atom is 0.255 e. The summed E-state index contributed by atoms with van der Waals surface area (Å²) in [6.45, 7) is 1.96. The Balaban J connectivity index is 1.58. The van der Waals surface area contributed by atoms with Crippen molar-refractivity contribution in [1.82, 2.24) is 35.1 Å². The molecule has 1 aliphatic heterocycles. The summed E-state index contributed by atoms with van der Waals surface area (Å²) in [4.78, 5) is 21.0. The molecule has 0 saturated heterocycles. The Hall–Kier alpha value is -2.87. The lowest BCUT2D eigenvalue weighted by Gasteiger charge is -2.26. The van der Waals surface area contributed by atoms with Crippen LogP contribution in [0.25, 0.3) is 5.69 Å². The van der Waals surface area contributed by atoms with Gasteiger partial charge in [0.05, 0.1) is 29.8 Å². The zero-order valence-corrected chi connectivity index (χ0v) is 12.4. The summed E-state index contributed by atoms with van der Waals surface area (Å²) in [5.74, 6) is 0.750. The van der Waals surface area contributed by atoms with E-state index in [1.807, 2.05) is 30.3 Å². The Morgan fingerprint density at radius 1 is 1.22 bits per heavy atom. The van der Waals surface area contributed by atoms with Gasteiger partial charge >= 0.3 is 0 Å². The van der Waals surface area contributed by atoms with E-state index in [1.54, 1.807) is 4.68 Å². The number of para-hydroxylation sites is 1. The molecule has 23 heavy (non-hydrogen) atoms. The van der Waals surface area contributed by atoms with Crippen molar-refractivity contribution in [3.05, 3.63) is 64.1 Å². The number of H-pyrrole nitrogens is 1. The average molecular weight is 309 g/mol. The molecule has 3 aromatic rings. The molecule has 0 atom stereocenters. The Kier molecular flexibility index (Phi) is 3.43. The zero-order valence-electron chi connectivity index (χ0n) is 12.4. The van der Waals surface area contributed by atoms with E-state index < -0.39 is 0 Å². The monoisotopic (exact) mass is 309 g/mol. The third kappa shape index (κ3) is 2.64. The van der Waals surface area contributed by atoms with Gasteiger partial charge in [0, 0.05) is 19.5 Å². The van der Waals surface area contributed by atoms with Gasteiger partial charge in [-0.2, -0.15) is 4.68 Å².